The van der Waals surface area contributed by atoms with Crippen molar-refractivity contribution in [2.24, 2.45) is 11.8 Å². The first-order chi connectivity index (χ1) is 12.2. The van der Waals surface area contributed by atoms with Crippen LogP contribution in [0.25, 0.3) is 0 Å². The number of carbonyl (C=O) groups excluding carboxylic acids is 3. The summed E-state index contributed by atoms with van der Waals surface area (Å²) in [6, 6.07) is 7.22. The van der Waals surface area contributed by atoms with Crippen molar-refractivity contribution in [1.82, 2.24) is 0 Å². The molecule has 1 N–H and O–H groups in total. The normalized spacial score (nSPS) is 28.5. The molecule has 0 bridgehead atoms. The van der Waals surface area contributed by atoms with Gasteiger partial charge in [-0.1, -0.05) is 29.8 Å². The monoisotopic (exact) mass is 362 g/mol. The Morgan fingerprint density at radius 3 is 2.19 bits per heavy atom. The molecule has 1 aliphatic carbocycles. The third-order valence-electron chi connectivity index (χ3n) is 4.81. The number of esters is 2. The average Bonchev–Trinajstić information content (AvgIpc) is 2.54. The summed E-state index contributed by atoms with van der Waals surface area (Å²) in [4.78, 5) is 37.9. The summed E-state index contributed by atoms with van der Waals surface area (Å²) >= 11 is 0. The van der Waals surface area contributed by atoms with Gasteiger partial charge in [0.1, 0.15) is 5.92 Å². The molecule has 4 atom stereocenters. The van der Waals surface area contributed by atoms with Crippen molar-refractivity contribution in [3.05, 3.63) is 35.4 Å². The molecule has 0 aromatic heterocycles. The number of ketones is 1. The second-order valence-corrected chi connectivity index (χ2v) is 6.90. The smallest absolute Gasteiger partial charge is 0.317 e. The fraction of sp³-hybridized carbons (Fsp3) is 0.550. The van der Waals surface area contributed by atoms with E-state index < -0.39 is 41.1 Å². The molecule has 0 spiro atoms. The standard InChI is InChI=1S/C20H26O6/c1-5-25-18(22)16-14(21)11-20(4,24)17(19(23)26-6-2)15(16)13-9-7-12(3)8-10-13/h7-10,15-17,24H,5-6,11H2,1-4H3/t15-,16-,17+,20+/m1/s1. The van der Waals surface area contributed by atoms with Crippen LogP contribution < -0.4 is 0 Å². The largest absolute Gasteiger partial charge is 0.466 e. The Morgan fingerprint density at radius 1 is 1.12 bits per heavy atom. The highest BCUT2D eigenvalue weighted by Crippen LogP contribution is 2.46. The first-order valence-electron chi connectivity index (χ1n) is 8.87. The van der Waals surface area contributed by atoms with Crippen LogP contribution in [0.1, 0.15) is 44.2 Å². The van der Waals surface area contributed by atoms with Crippen LogP contribution in [-0.4, -0.2) is 41.6 Å². The summed E-state index contributed by atoms with van der Waals surface area (Å²) in [6.07, 6.45) is -0.303. The number of rotatable bonds is 5. The Bertz CT molecular complexity index is 676. The Balaban J connectivity index is 2.59. The number of hydrogen-bond acceptors (Lipinski definition) is 6. The summed E-state index contributed by atoms with van der Waals surface area (Å²) in [6.45, 7) is 6.95. The Hall–Kier alpha value is -2.21. The molecule has 142 valence electrons. The van der Waals surface area contributed by atoms with Gasteiger partial charge in [0.05, 0.1) is 24.7 Å². The van der Waals surface area contributed by atoms with Gasteiger partial charge in [0.15, 0.2) is 5.78 Å². The Morgan fingerprint density at radius 2 is 1.65 bits per heavy atom. The van der Waals surface area contributed by atoms with Gasteiger partial charge in [-0.2, -0.15) is 0 Å². The maximum absolute atomic E-state index is 12.7. The van der Waals surface area contributed by atoms with Crippen LogP contribution in [0.15, 0.2) is 24.3 Å². The molecule has 1 aliphatic rings. The number of benzene rings is 1. The zero-order valence-electron chi connectivity index (χ0n) is 15.7. The van der Waals surface area contributed by atoms with E-state index in [1.807, 2.05) is 19.1 Å². The van der Waals surface area contributed by atoms with Crippen molar-refractivity contribution in [2.75, 3.05) is 13.2 Å². The van der Waals surface area contributed by atoms with Gasteiger partial charge in [-0.15, -0.1) is 0 Å². The van der Waals surface area contributed by atoms with Crippen molar-refractivity contribution in [2.45, 2.75) is 45.6 Å². The minimum atomic E-state index is -1.61. The van der Waals surface area contributed by atoms with Crippen LogP contribution in [0.4, 0.5) is 0 Å². The molecule has 0 aliphatic heterocycles. The third-order valence-corrected chi connectivity index (χ3v) is 4.81. The molecule has 0 amide bonds. The second-order valence-electron chi connectivity index (χ2n) is 6.90. The summed E-state index contributed by atoms with van der Waals surface area (Å²) in [5.41, 5.74) is 0.0186. The first kappa shape index (κ1) is 20.1. The summed E-state index contributed by atoms with van der Waals surface area (Å²) in [5.74, 6) is -4.76. The van der Waals surface area contributed by atoms with Crippen molar-refractivity contribution < 1.29 is 29.0 Å². The molecule has 0 unspecified atom stereocenters. The number of Topliss-reactive ketones (excluding diaryl/α,β-unsaturated/α-hetero) is 1. The number of aryl methyl sites for hydroxylation is 1. The van der Waals surface area contributed by atoms with Crippen molar-refractivity contribution in [3.8, 4) is 0 Å². The van der Waals surface area contributed by atoms with Crippen molar-refractivity contribution in [1.29, 1.82) is 0 Å². The topological polar surface area (TPSA) is 89.9 Å². The maximum atomic E-state index is 12.7. The molecule has 6 nitrogen and oxygen atoms in total. The molecule has 1 fully saturated rings. The molecule has 1 aromatic rings. The van der Waals surface area contributed by atoms with Crippen LogP contribution in [0, 0.1) is 18.8 Å². The predicted octanol–water partition coefficient (Wildman–Crippen LogP) is 2.16. The van der Waals surface area contributed by atoms with E-state index in [2.05, 4.69) is 0 Å². The lowest BCUT2D eigenvalue weighted by Gasteiger charge is -2.43. The lowest BCUT2D eigenvalue weighted by Crippen LogP contribution is -2.55. The van der Waals surface area contributed by atoms with Crippen LogP contribution in [0.2, 0.25) is 0 Å². The van der Waals surface area contributed by atoms with Gasteiger partial charge in [0, 0.05) is 12.3 Å². The van der Waals surface area contributed by atoms with Gasteiger partial charge in [0.25, 0.3) is 0 Å². The molecule has 2 rings (SSSR count). The zero-order chi connectivity index (χ0) is 19.5. The molecule has 0 heterocycles. The van der Waals surface area contributed by atoms with E-state index in [4.69, 9.17) is 9.47 Å². The molecule has 0 radical (unpaired) electrons. The lowest BCUT2D eigenvalue weighted by atomic mass is 9.61. The Kier molecular flexibility index (Phi) is 6.18. The number of hydrogen-bond donors (Lipinski definition) is 1. The molecule has 6 heteroatoms. The average molecular weight is 362 g/mol. The van der Waals surface area contributed by atoms with Crippen LogP contribution in [0.3, 0.4) is 0 Å². The lowest BCUT2D eigenvalue weighted by molar-refractivity contribution is -0.172. The van der Waals surface area contributed by atoms with Crippen LogP contribution >= 0.6 is 0 Å². The highest BCUT2D eigenvalue weighted by Gasteiger charge is 2.57. The molecule has 1 aromatic carbocycles. The third kappa shape index (κ3) is 3.96. The maximum Gasteiger partial charge on any atom is 0.317 e. The predicted molar refractivity (Wildman–Crippen MR) is 94.4 cm³/mol. The highest BCUT2D eigenvalue weighted by molar-refractivity contribution is 6.02. The second kappa shape index (κ2) is 7.99. The van der Waals surface area contributed by atoms with E-state index in [-0.39, 0.29) is 19.6 Å². The fourth-order valence-corrected chi connectivity index (χ4v) is 3.67. The van der Waals surface area contributed by atoms with Crippen molar-refractivity contribution in [3.63, 3.8) is 0 Å². The fourth-order valence-electron chi connectivity index (χ4n) is 3.67. The van der Waals surface area contributed by atoms with Gasteiger partial charge in [0.2, 0.25) is 0 Å². The minimum Gasteiger partial charge on any atom is -0.466 e. The van der Waals surface area contributed by atoms with Gasteiger partial charge in [-0.25, -0.2) is 0 Å². The summed E-state index contributed by atoms with van der Waals surface area (Å²) in [5, 5.41) is 10.8. The number of ether oxygens (including phenoxy) is 2. The molecule has 26 heavy (non-hydrogen) atoms. The van der Waals surface area contributed by atoms with E-state index in [1.54, 1.807) is 26.0 Å². The summed E-state index contributed by atoms with van der Waals surface area (Å²) in [7, 11) is 0. The van der Waals surface area contributed by atoms with Gasteiger partial charge in [-0.3, -0.25) is 14.4 Å². The molecular formula is C20H26O6. The van der Waals surface area contributed by atoms with E-state index >= 15 is 0 Å². The van der Waals surface area contributed by atoms with Gasteiger partial charge < -0.3 is 14.6 Å². The van der Waals surface area contributed by atoms with Crippen LogP contribution in [0.5, 0.6) is 0 Å². The van der Waals surface area contributed by atoms with E-state index in [9.17, 15) is 19.5 Å². The van der Waals surface area contributed by atoms with Gasteiger partial charge >= 0.3 is 11.9 Å². The first-order valence-corrected chi connectivity index (χ1v) is 8.87. The molecule has 1 saturated carbocycles. The van der Waals surface area contributed by atoms with E-state index in [1.165, 1.54) is 6.92 Å². The number of carbonyl (C=O) groups is 3. The highest BCUT2D eigenvalue weighted by atomic mass is 16.5. The van der Waals surface area contributed by atoms with Crippen LogP contribution in [-0.2, 0) is 23.9 Å². The summed E-state index contributed by atoms with van der Waals surface area (Å²) < 4.78 is 10.2. The minimum absolute atomic E-state index is 0.129. The van der Waals surface area contributed by atoms with Crippen molar-refractivity contribution >= 4 is 17.7 Å². The van der Waals surface area contributed by atoms with E-state index in [0.29, 0.717) is 5.56 Å². The quantitative estimate of drug-likeness (QED) is 0.638. The SMILES string of the molecule is CCOC(=O)[C@@H]1C(=O)C[C@](C)(O)[C@H](C(=O)OCC)[C@@H]1c1ccc(C)cc1. The zero-order valence-corrected chi connectivity index (χ0v) is 15.7. The van der Waals surface area contributed by atoms with Gasteiger partial charge in [-0.05, 0) is 33.3 Å². The Labute approximate surface area is 153 Å². The number of aliphatic hydroxyl groups is 1. The van der Waals surface area contributed by atoms with E-state index in [0.717, 1.165) is 5.56 Å². The molecular weight excluding hydrogens is 336 g/mol. The molecule has 0 saturated heterocycles.